The number of aromatic nitrogens is 1. The highest BCUT2D eigenvalue weighted by Gasteiger charge is 2.15. The maximum Gasteiger partial charge on any atom is 0.312 e. The van der Waals surface area contributed by atoms with Crippen LogP contribution < -0.4 is 0 Å². The number of hydrogen-bond donors (Lipinski definition) is 0. The molecule has 0 N–H and O–H groups in total. The molecule has 118 valence electrons. The maximum atomic E-state index is 11.6. The number of para-hydroxylation sites is 1. The van der Waals surface area contributed by atoms with E-state index in [0.29, 0.717) is 12.3 Å². The number of carbonyl (C=O) groups excluding carboxylic acids is 1. The molecule has 0 spiro atoms. The van der Waals surface area contributed by atoms with Gasteiger partial charge in [0.2, 0.25) is 0 Å². The molecule has 3 aromatic rings. The lowest BCUT2D eigenvalue weighted by Gasteiger charge is -2.02. The summed E-state index contributed by atoms with van der Waals surface area (Å²) < 4.78 is 10.4. The molecule has 4 nitrogen and oxygen atoms in total. The van der Waals surface area contributed by atoms with Crippen LogP contribution in [0, 0.1) is 0 Å². The monoisotopic (exact) mass is 327 g/mol. The highest BCUT2D eigenvalue weighted by molar-refractivity contribution is 7.98. The lowest BCUT2D eigenvalue weighted by molar-refractivity contribution is -0.142. The highest BCUT2D eigenvalue weighted by atomic mass is 32.2. The minimum atomic E-state index is -0.287. The first-order valence-corrected chi connectivity index (χ1v) is 8.46. The van der Waals surface area contributed by atoms with Crippen molar-refractivity contribution in [2.24, 2.45) is 0 Å². The van der Waals surface area contributed by atoms with Crippen LogP contribution in [0.15, 0.2) is 57.9 Å². The molecule has 0 bridgehead atoms. The summed E-state index contributed by atoms with van der Waals surface area (Å²) in [4.78, 5) is 12.7. The average molecular weight is 327 g/mol. The van der Waals surface area contributed by atoms with E-state index >= 15 is 0 Å². The minimum Gasteiger partial charge on any atom is -0.466 e. The molecule has 0 aliphatic carbocycles. The number of rotatable bonds is 6. The topological polar surface area (TPSA) is 52.3 Å². The molecule has 0 atom stereocenters. The molecule has 1 heterocycles. The molecule has 5 heteroatoms. The molecule has 2 aromatic carbocycles. The molecule has 0 aliphatic heterocycles. The normalized spacial score (nSPS) is 10.8. The standard InChI is InChI=1S/C18H17NO3S/c1-2-21-17(20)11-15-14-9-6-10-16(18(14)22-19-15)23-12-13-7-4-3-5-8-13/h3-10H,2,11-12H2,1H3. The molecule has 0 amide bonds. The number of thioether (sulfide) groups is 1. The van der Waals surface area contributed by atoms with E-state index in [1.54, 1.807) is 18.7 Å². The SMILES string of the molecule is CCOC(=O)Cc1noc2c(SCc3ccccc3)cccc12. The molecular formula is C18H17NO3S. The summed E-state index contributed by atoms with van der Waals surface area (Å²) in [5.41, 5.74) is 2.61. The zero-order valence-corrected chi connectivity index (χ0v) is 13.6. The fourth-order valence-electron chi connectivity index (χ4n) is 2.31. The highest BCUT2D eigenvalue weighted by Crippen LogP contribution is 2.32. The van der Waals surface area contributed by atoms with Crippen LogP contribution in [0.4, 0.5) is 0 Å². The van der Waals surface area contributed by atoms with Crippen LogP contribution >= 0.6 is 11.8 Å². The Bertz CT molecular complexity index is 798. The molecule has 0 unspecified atom stereocenters. The number of benzene rings is 2. The van der Waals surface area contributed by atoms with Crippen molar-refractivity contribution in [2.45, 2.75) is 24.0 Å². The molecule has 0 saturated heterocycles. The van der Waals surface area contributed by atoms with Crippen LogP contribution in [0.5, 0.6) is 0 Å². The van der Waals surface area contributed by atoms with E-state index in [4.69, 9.17) is 9.26 Å². The van der Waals surface area contributed by atoms with Crippen LogP contribution in [0.1, 0.15) is 18.2 Å². The van der Waals surface area contributed by atoms with Gasteiger partial charge in [0.25, 0.3) is 0 Å². The molecule has 3 rings (SSSR count). The quantitative estimate of drug-likeness (QED) is 0.501. The number of nitrogens with zero attached hydrogens (tertiary/aromatic N) is 1. The lowest BCUT2D eigenvalue weighted by Crippen LogP contribution is -2.07. The van der Waals surface area contributed by atoms with Gasteiger partial charge in [-0.1, -0.05) is 41.6 Å². The summed E-state index contributed by atoms with van der Waals surface area (Å²) >= 11 is 1.70. The van der Waals surface area contributed by atoms with Gasteiger partial charge in [0.1, 0.15) is 5.69 Å². The van der Waals surface area contributed by atoms with Gasteiger partial charge in [-0.25, -0.2) is 0 Å². The second kappa shape index (κ2) is 7.33. The third-order valence-electron chi connectivity index (χ3n) is 3.39. The summed E-state index contributed by atoms with van der Waals surface area (Å²) in [5, 5.41) is 4.92. The fourth-order valence-corrected chi connectivity index (χ4v) is 3.28. The van der Waals surface area contributed by atoms with Gasteiger partial charge in [-0.3, -0.25) is 4.79 Å². The first-order valence-electron chi connectivity index (χ1n) is 7.47. The minimum absolute atomic E-state index is 0.133. The molecule has 1 aromatic heterocycles. The van der Waals surface area contributed by atoms with Crippen molar-refractivity contribution < 1.29 is 14.1 Å². The van der Waals surface area contributed by atoms with E-state index in [-0.39, 0.29) is 12.4 Å². The first kappa shape index (κ1) is 15.6. The van der Waals surface area contributed by atoms with Crippen molar-refractivity contribution in [3.63, 3.8) is 0 Å². The van der Waals surface area contributed by atoms with Crippen LogP contribution in [0.2, 0.25) is 0 Å². The van der Waals surface area contributed by atoms with Gasteiger partial charge in [-0.2, -0.15) is 0 Å². The summed E-state index contributed by atoms with van der Waals surface area (Å²) in [6, 6.07) is 16.2. The third-order valence-corrected chi connectivity index (χ3v) is 4.50. The van der Waals surface area contributed by atoms with Crippen LogP contribution in [-0.2, 0) is 21.7 Å². The summed E-state index contributed by atoms with van der Waals surface area (Å²) in [5.74, 6) is 0.568. The number of esters is 1. The van der Waals surface area contributed by atoms with Crippen molar-refractivity contribution in [3.05, 3.63) is 59.8 Å². The van der Waals surface area contributed by atoms with E-state index in [2.05, 4.69) is 17.3 Å². The van der Waals surface area contributed by atoms with E-state index < -0.39 is 0 Å². The van der Waals surface area contributed by atoms with Crippen LogP contribution in [-0.4, -0.2) is 17.7 Å². The predicted octanol–water partition coefficient (Wildman–Crippen LogP) is 4.23. The van der Waals surface area contributed by atoms with Crippen molar-refractivity contribution in [1.82, 2.24) is 5.16 Å². The Hall–Kier alpha value is -2.27. The van der Waals surface area contributed by atoms with Gasteiger partial charge in [0.05, 0.1) is 17.9 Å². The van der Waals surface area contributed by atoms with Gasteiger partial charge in [0, 0.05) is 11.1 Å². The van der Waals surface area contributed by atoms with E-state index in [1.165, 1.54) is 5.56 Å². The predicted molar refractivity (Wildman–Crippen MR) is 90.3 cm³/mol. The van der Waals surface area contributed by atoms with Crippen molar-refractivity contribution in [3.8, 4) is 0 Å². The van der Waals surface area contributed by atoms with E-state index in [1.807, 2.05) is 36.4 Å². The van der Waals surface area contributed by atoms with Gasteiger partial charge in [-0.05, 0) is 24.6 Å². The summed E-state index contributed by atoms with van der Waals surface area (Å²) in [7, 11) is 0. The average Bonchev–Trinajstić information content (AvgIpc) is 2.98. The Labute approximate surface area is 138 Å². The molecule has 0 fully saturated rings. The van der Waals surface area contributed by atoms with Crippen LogP contribution in [0.3, 0.4) is 0 Å². The van der Waals surface area contributed by atoms with Crippen molar-refractivity contribution in [1.29, 1.82) is 0 Å². The zero-order valence-electron chi connectivity index (χ0n) is 12.8. The van der Waals surface area contributed by atoms with E-state index in [0.717, 1.165) is 21.6 Å². The largest absolute Gasteiger partial charge is 0.466 e. The molecule has 0 radical (unpaired) electrons. The van der Waals surface area contributed by atoms with E-state index in [9.17, 15) is 4.79 Å². The van der Waals surface area contributed by atoms with Gasteiger partial charge in [0.15, 0.2) is 5.58 Å². The van der Waals surface area contributed by atoms with Crippen molar-refractivity contribution >= 4 is 28.7 Å². The van der Waals surface area contributed by atoms with Crippen molar-refractivity contribution in [2.75, 3.05) is 6.61 Å². The molecule has 0 saturated carbocycles. The third kappa shape index (κ3) is 3.74. The molecule has 23 heavy (non-hydrogen) atoms. The Morgan fingerprint density at radius 2 is 2.00 bits per heavy atom. The lowest BCUT2D eigenvalue weighted by atomic mass is 10.2. The Balaban J connectivity index is 1.79. The van der Waals surface area contributed by atoms with Crippen LogP contribution in [0.25, 0.3) is 11.0 Å². The summed E-state index contributed by atoms with van der Waals surface area (Å²) in [6.07, 6.45) is 0.133. The second-order valence-corrected chi connectivity index (χ2v) is 6.04. The smallest absolute Gasteiger partial charge is 0.312 e. The number of hydrogen-bond acceptors (Lipinski definition) is 5. The number of ether oxygens (including phenoxy) is 1. The Morgan fingerprint density at radius 3 is 2.78 bits per heavy atom. The summed E-state index contributed by atoms with van der Waals surface area (Å²) in [6.45, 7) is 2.16. The molecular weight excluding hydrogens is 310 g/mol. The Kier molecular flexibility index (Phi) is 4.98. The first-order chi connectivity index (χ1) is 11.3. The fraction of sp³-hybridized carbons (Fsp3) is 0.222. The molecule has 0 aliphatic rings. The number of carbonyl (C=O) groups is 1. The Morgan fingerprint density at radius 1 is 1.17 bits per heavy atom. The van der Waals surface area contributed by atoms with Gasteiger partial charge < -0.3 is 9.26 Å². The maximum absolute atomic E-state index is 11.6. The van der Waals surface area contributed by atoms with Gasteiger partial charge >= 0.3 is 5.97 Å². The second-order valence-electron chi connectivity index (χ2n) is 5.02. The van der Waals surface area contributed by atoms with Gasteiger partial charge in [-0.15, -0.1) is 11.8 Å². The zero-order chi connectivity index (χ0) is 16.1. The number of fused-ring (bicyclic) bond motifs is 1.